The minimum Gasteiger partial charge on any atom is -0.282 e. The smallest absolute Gasteiger partial charge is 0.282 e. The Labute approximate surface area is 207 Å². The van der Waals surface area contributed by atoms with Crippen molar-refractivity contribution >= 4 is 29.1 Å². The Morgan fingerprint density at radius 1 is 0.694 bits per heavy atom. The largest absolute Gasteiger partial charge is 0.335 e. The van der Waals surface area contributed by atoms with E-state index in [-0.39, 0.29) is 11.8 Å². The molecule has 0 saturated carbocycles. The summed E-state index contributed by atoms with van der Waals surface area (Å²) in [5.41, 5.74) is 1.73. The van der Waals surface area contributed by atoms with Gasteiger partial charge in [0.25, 0.3) is 5.56 Å². The maximum Gasteiger partial charge on any atom is 0.335 e. The molecule has 0 N–H and O–H groups in total. The Balaban J connectivity index is 1.72. The van der Waals surface area contributed by atoms with Crippen molar-refractivity contribution in [3.63, 3.8) is 0 Å². The molecule has 0 bridgehead atoms. The van der Waals surface area contributed by atoms with E-state index in [1.807, 2.05) is 91.0 Å². The van der Waals surface area contributed by atoms with E-state index in [1.165, 1.54) is 11.6 Å². The van der Waals surface area contributed by atoms with Crippen LogP contribution in [0.3, 0.4) is 0 Å². The minimum absolute atomic E-state index is 0.270. The van der Waals surface area contributed by atoms with Gasteiger partial charge in [-0.15, -0.1) is 0 Å². The lowest BCUT2D eigenvalue weighted by Crippen LogP contribution is -2.48. The van der Waals surface area contributed by atoms with Crippen LogP contribution in [0.1, 0.15) is 17.0 Å². The lowest BCUT2D eigenvalue weighted by Gasteiger charge is -2.34. The van der Waals surface area contributed by atoms with E-state index in [1.54, 1.807) is 16.8 Å². The second-order valence-electron chi connectivity index (χ2n) is 8.91. The van der Waals surface area contributed by atoms with Gasteiger partial charge < -0.3 is 0 Å². The van der Waals surface area contributed by atoms with Crippen LogP contribution in [0.25, 0.3) is 0 Å². The van der Waals surface area contributed by atoms with Gasteiger partial charge in [-0.25, -0.2) is 19.5 Å². The van der Waals surface area contributed by atoms with Crippen molar-refractivity contribution in [2.45, 2.75) is 12.0 Å². The average Bonchev–Trinajstić information content (AvgIpc) is 3.22. The predicted molar refractivity (Wildman–Crippen MR) is 139 cm³/mol. The predicted octanol–water partition coefficient (Wildman–Crippen LogP) is 3.77. The zero-order valence-corrected chi connectivity index (χ0v) is 19.8. The molecule has 8 heteroatoms. The second-order valence-corrected chi connectivity index (χ2v) is 8.91. The van der Waals surface area contributed by atoms with Crippen LogP contribution in [0.2, 0.25) is 0 Å². The van der Waals surface area contributed by atoms with Gasteiger partial charge in [-0.1, -0.05) is 66.7 Å². The van der Waals surface area contributed by atoms with E-state index in [4.69, 9.17) is 4.99 Å². The van der Waals surface area contributed by atoms with Crippen LogP contribution in [0, 0.1) is 0 Å². The molecule has 2 aliphatic rings. The van der Waals surface area contributed by atoms with Crippen LogP contribution >= 0.6 is 0 Å². The maximum atomic E-state index is 14.1. The molecule has 1 fully saturated rings. The van der Waals surface area contributed by atoms with Gasteiger partial charge in [0.1, 0.15) is 17.7 Å². The minimum atomic E-state index is -0.597. The Bertz CT molecular complexity index is 1630. The van der Waals surface area contributed by atoms with E-state index < -0.39 is 23.2 Å². The molecule has 36 heavy (non-hydrogen) atoms. The number of para-hydroxylation sites is 2. The first-order valence-electron chi connectivity index (χ1n) is 11.7. The molecule has 2 amide bonds. The lowest BCUT2D eigenvalue weighted by atomic mass is 9.82. The van der Waals surface area contributed by atoms with E-state index in [9.17, 15) is 14.4 Å². The van der Waals surface area contributed by atoms with Gasteiger partial charge in [0.2, 0.25) is 0 Å². The quantitative estimate of drug-likeness (QED) is 0.451. The summed E-state index contributed by atoms with van der Waals surface area (Å²) in [5, 5.41) is 0. The molecule has 0 spiro atoms. The van der Waals surface area contributed by atoms with Gasteiger partial charge in [0.15, 0.2) is 0 Å². The SMILES string of the molecule is Cn1c2c(c(=O)n(C)c1=O)C(c1ccccc1)C1C(=N2)N(c2ccccc2)C(=O)N1c1ccccc1. The second kappa shape index (κ2) is 8.20. The molecule has 8 nitrogen and oxygen atoms in total. The number of carbonyl (C=O) groups is 1. The molecule has 6 rings (SSSR count). The zero-order valence-electron chi connectivity index (χ0n) is 19.8. The number of amidine groups is 1. The monoisotopic (exact) mass is 477 g/mol. The number of urea groups is 1. The number of benzene rings is 3. The molecule has 1 saturated heterocycles. The third-order valence-corrected chi connectivity index (χ3v) is 6.89. The fourth-order valence-corrected chi connectivity index (χ4v) is 5.21. The van der Waals surface area contributed by atoms with Crippen molar-refractivity contribution in [2.75, 3.05) is 9.80 Å². The van der Waals surface area contributed by atoms with Crippen molar-refractivity contribution in [1.82, 2.24) is 9.13 Å². The number of fused-ring (bicyclic) bond motifs is 2. The molecular weight excluding hydrogens is 454 g/mol. The van der Waals surface area contributed by atoms with Gasteiger partial charge in [-0.2, -0.15) is 0 Å². The normalized spacial score (nSPS) is 18.6. The van der Waals surface area contributed by atoms with Gasteiger partial charge in [-0.05, 0) is 29.8 Å². The number of hydrogen-bond donors (Lipinski definition) is 0. The lowest BCUT2D eigenvalue weighted by molar-refractivity contribution is 0.255. The third-order valence-electron chi connectivity index (χ3n) is 6.89. The highest BCUT2D eigenvalue weighted by Gasteiger charge is 2.53. The number of nitrogens with zero attached hydrogens (tertiary/aromatic N) is 5. The highest BCUT2D eigenvalue weighted by atomic mass is 16.2. The summed E-state index contributed by atoms with van der Waals surface area (Å²) in [4.78, 5) is 48.7. The van der Waals surface area contributed by atoms with E-state index in [2.05, 4.69) is 0 Å². The molecule has 1 aromatic heterocycles. The van der Waals surface area contributed by atoms with Crippen LogP contribution < -0.4 is 21.0 Å². The molecule has 2 aliphatic heterocycles. The average molecular weight is 478 g/mol. The van der Waals surface area contributed by atoms with E-state index in [0.29, 0.717) is 22.8 Å². The van der Waals surface area contributed by atoms with Gasteiger partial charge in [0.05, 0.1) is 11.3 Å². The molecule has 0 radical (unpaired) electrons. The van der Waals surface area contributed by atoms with Gasteiger partial charge in [-0.3, -0.25) is 18.8 Å². The van der Waals surface area contributed by atoms with Crippen LogP contribution in [0.15, 0.2) is 106 Å². The number of carbonyl (C=O) groups excluding carboxylic acids is 1. The number of rotatable bonds is 3. The summed E-state index contributed by atoms with van der Waals surface area (Å²) in [5.74, 6) is 0.198. The number of anilines is 2. The summed E-state index contributed by atoms with van der Waals surface area (Å²) in [7, 11) is 3.07. The Kier molecular flexibility index (Phi) is 4.96. The summed E-state index contributed by atoms with van der Waals surface area (Å²) in [6.07, 6.45) is 0. The Morgan fingerprint density at radius 2 is 1.25 bits per heavy atom. The first kappa shape index (κ1) is 21.8. The Hall–Kier alpha value is -4.72. The van der Waals surface area contributed by atoms with Crippen molar-refractivity contribution in [3.05, 3.63) is 123 Å². The number of hydrogen-bond acceptors (Lipinski definition) is 4. The Morgan fingerprint density at radius 3 is 1.86 bits per heavy atom. The number of aromatic nitrogens is 2. The fraction of sp³-hybridized carbons (Fsp3) is 0.143. The summed E-state index contributed by atoms with van der Waals surface area (Å²) < 4.78 is 2.49. The summed E-state index contributed by atoms with van der Waals surface area (Å²) in [6, 6.07) is 27.4. The summed E-state index contributed by atoms with van der Waals surface area (Å²) in [6.45, 7) is 0. The first-order valence-corrected chi connectivity index (χ1v) is 11.7. The topological polar surface area (TPSA) is 79.9 Å². The van der Waals surface area contributed by atoms with E-state index >= 15 is 0 Å². The highest BCUT2D eigenvalue weighted by Crippen LogP contribution is 2.45. The van der Waals surface area contributed by atoms with Crippen molar-refractivity contribution in [2.24, 2.45) is 19.1 Å². The molecule has 0 aliphatic carbocycles. The molecule has 3 heterocycles. The molecule has 178 valence electrons. The van der Waals surface area contributed by atoms with Crippen LogP contribution in [0.4, 0.5) is 22.0 Å². The van der Waals surface area contributed by atoms with Crippen LogP contribution in [-0.2, 0) is 14.1 Å². The van der Waals surface area contributed by atoms with Crippen LogP contribution in [-0.4, -0.2) is 27.0 Å². The summed E-state index contributed by atoms with van der Waals surface area (Å²) >= 11 is 0. The molecule has 2 unspecified atom stereocenters. The number of aliphatic imine (C=N–C) groups is 1. The fourth-order valence-electron chi connectivity index (χ4n) is 5.21. The van der Waals surface area contributed by atoms with Gasteiger partial charge in [0, 0.05) is 25.7 Å². The van der Waals surface area contributed by atoms with Crippen molar-refractivity contribution in [1.29, 1.82) is 0 Å². The maximum absolute atomic E-state index is 14.1. The molecule has 3 aromatic carbocycles. The van der Waals surface area contributed by atoms with Crippen molar-refractivity contribution < 1.29 is 4.79 Å². The first-order chi connectivity index (χ1) is 17.5. The zero-order chi connectivity index (χ0) is 25.0. The van der Waals surface area contributed by atoms with E-state index in [0.717, 1.165) is 10.1 Å². The molecular formula is C28H23N5O3. The van der Waals surface area contributed by atoms with Gasteiger partial charge >= 0.3 is 11.7 Å². The standard InChI is InChI=1S/C28H23N5O3/c1-30-24-22(26(34)31(2)27(30)35)21(18-12-6-3-7-13-18)23-25(29-24)33(20-16-10-5-11-17-20)28(36)32(23)19-14-8-4-9-15-19/h3-17,21,23H,1-2H3. The van der Waals surface area contributed by atoms with Crippen molar-refractivity contribution in [3.8, 4) is 0 Å². The molecule has 4 aromatic rings. The third kappa shape index (κ3) is 3.07. The number of amides is 2. The molecule has 2 atom stereocenters. The highest BCUT2D eigenvalue weighted by molar-refractivity contribution is 6.31. The van der Waals surface area contributed by atoms with Crippen LogP contribution in [0.5, 0.6) is 0 Å².